The zero-order chi connectivity index (χ0) is 16.7. The number of benzene rings is 1. The first kappa shape index (κ1) is 15.2. The van der Waals surface area contributed by atoms with Gasteiger partial charge in [0.2, 0.25) is 5.91 Å². The summed E-state index contributed by atoms with van der Waals surface area (Å²) in [5.41, 5.74) is 2.05. The Morgan fingerprint density at radius 2 is 2.12 bits per heavy atom. The van der Waals surface area contributed by atoms with Gasteiger partial charge in [0.1, 0.15) is 12.4 Å². The molecule has 4 rings (SSSR count). The molecule has 0 bridgehead atoms. The fourth-order valence-corrected chi connectivity index (χ4v) is 3.97. The first-order valence-corrected chi connectivity index (χ1v) is 8.83. The zero-order valence-electron chi connectivity index (χ0n) is 13.4. The van der Waals surface area contributed by atoms with Crippen LogP contribution in [0.5, 0.6) is 5.75 Å². The molecule has 2 aliphatic rings. The van der Waals surface area contributed by atoms with Crippen LogP contribution in [0.25, 0.3) is 10.4 Å². The molecule has 1 aromatic carbocycles. The van der Waals surface area contributed by atoms with Gasteiger partial charge in [-0.1, -0.05) is 12.1 Å². The van der Waals surface area contributed by atoms with Crippen LogP contribution >= 0.6 is 11.3 Å². The van der Waals surface area contributed by atoms with Crippen molar-refractivity contribution >= 4 is 23.2 Å². The lowest BCUT2D eigenvalue weighted by Crippen LogP contribution is -2.38. The second-order valence-corrected chi connectivity index (χ2v) is 7.31. The molecule has 0 spiro atoms. The molecule has 24 heavy (non-hydrogen) atoms. The molecule has 1 aliphatic heterocycles. The van der Waals surface area contributed by atoms with E-state index in [1.165, 1.54) is 16.2 Å². The van der Waals surface area contributed by atoms with E-state index in [1.54, 1.807) is 7.05 Å². The number of fused-ring (bicyclic) bond motifs is 3. The number of thiophene rings is 1. The summed E-state index contributed by atoms with van der Waals surface area (Å²) >= 11 is 1.46. The fourth-order valence-electron chi connectivity index (χ4n) is 2.78. The van der Waals surface area contributed by atoms with E-state index in [-0.39, 0.29) is 18.4 Å². The molecule has 124 valence electrons. The topological polar surface area (TPSA) is 58.6 Å². The highest BCUT2D eigenvalue weighted by molar-refractivity contribution is 7.17. The van der Waals surface area contributed by atoms with Crippen molar-refractivity contribution < 1.29 is 14.3 Å². The number of likely N-dealkylation sites (N-methyl/N-ethyl adjacent to an activating group) is 1. The monoisotopic (exact) mass is 342 g/mol. The molecule has 6 heteroatoms. The van der Waals surface area contributed by atoms with Gasteiger partial charge >= 0.3 is 0 Å². The van der Waals surface area contributed by atoms with Gasteiger partial charge in [0.25, 0.3) is 5.91 Å². The van der Waals surface area contributed by atoms with E-state index in [1.807, 2.05) is 30.3 Å². The minimum absolute atomic E-state index is 0.0883. The Balaban J connectivity index is 1.52. The first-order valence-electron chi connectivity index (χ1n) is 8.01. The minimum Gasteiger partial charge on any atom is -0.488 e. The molecule has 0 saturated heterocycles. The number of hydrogen-bond donors (Lipinski definition) is 1. The Bertz CT molecular complexity index is 810. The molecule has 1 aromatic heterocycles. The number of amides is 2. The van der Waals surface area contributed by atoms with E-state index in [2.05, 4.69) is 5.32 Å². The van der Waals surface area contributed by atoms with Crippen LogP contribution in [0.4, 0.5) is 0 Å². The lowest BCUT2D eigenvalue weighted by molar-refractivity contribution is -0.121. The normalized spacial score (nSPS) is 15.0. The number of carbonyl (C=O) groups excluding carboxylic acids is 2. The van der Waals surface area contributed by atoms with Gasteiger partial charge in [0.05, 0.1) is 11.4 Å². The highest BCUT2D eigenvalue weighted by Gasteiger charge is 2.26. The van der Waals surface area contributed by atoms with Crippen LogP contribution in [0.1, 0.15) is 28.1 Å². The molecule has 0 unspecified atom stereocenters. The van der Waals surface area contributed by atoms with Gasteiger partial charge in [-0.25, -0.2) is 0 Å². The van der Waals surface area contributed by atoms with Gasteiger partial charge < -0.3 is 15.0 Å². The van der Waals surface area contributed by atoms with Crippen molar-refractivity contribution in [1.82, 2.24) is 10.2 Å². The first-order chi connectivity index (χ1) is 11.6. The largest absolute Gasteiger partial charge is 0.488 e. The van der Waals surface area contributed by atoms with Crippen molar-refractivity contribution in [2.24, 2.45) is 0 Å². The molecule has 1 aliphatic carbocycles. The molecule has 1 N–H and O–H groups in total. The second kappa shape index (κ2) is 5.94. The van der Waals surface area contributed by atoms with E-state index in [0.29, 0.717) is 17.5 Å². The lowest BCUT2D eigenvalue weighted by Gasteiger charge is -2.16. The van der Waals surface area contributed by atoms with Crippen molar-refractivity contribution in [2.45, 2.75) is 25.5 Å². The Labute approximate surface area is 144 Å². The third-order valence-corrected chi connectivity index (χ3v) is 5.40. The van der Waals surface area contributed by atoms with Crippen LogP contribution in [0.2, 0.25) is 0 Å². The highest BCUT2D eigenvalue weighted by atomic mass is 32.1. The van der Waals surface area contributed by atoms with Crippen LogP contribution in [-0.2, 0) is 11.4 Å². The zero-order valence-corrected chi connectivity index (χ0v) is 14.2. The molecule has 1 saturated carbocycles. The highest BCUT2D eigenvalue weighted by Crippen LogP contribution is 2.42. The Morgan fingerprint density at radius 3 is 2.92 bits per heavy atom. The third-order valence-electron chi connectivity index (χ3n) is 4.20. The molecule has 0 radical (unpaired) electrons. The summed E-state index contributed by atoms with van der Waals surface area (Å²) < 4.78 is 5.74. The Hall–Kier alpha value is -2.34. The molecule has 2 aromatic rings. The summed E-state index contributed by atoms with van der Waals surface area (Å²) in [6.45, 7) is 0.562. The lowest BCUT2D eigenvalue weighted by atomic mass is 10.1. The number of hydrogen-bond acceptors (Lipinski definition) is 4. The Morgan fingerprint density at radius 1 is 1.33 bits per heavy atom. The van der Waals surface area contributed by atoms with Crippen molar-refractivity contribution in [3.63, 3.8) is 0 Å². The third kappa shape index (κ3) is 2.89. The molecule has 1 fully saturated rings. The van der Waals surface area contributed by atoms with E-state index in [4.69, 9.17) is 4.74 Å². The van der Waals surface area contributed by atoms with E-state index in [0.717, 1.165) is 34.6 Å². The molecular weight excluding hydrogens is 324 g/mol. The van der Waals surface area contributed by atoms with Crippen LogP contribution in [0.3, 0.4) is 0 Å². The number of nitrogens with one attached hydrogen (secondary N) is 1. The van der Waals surface area contributed by atoms with Gasteiger partial charge in [-0.3, -0.25) is 9.59 Å². The number of carbonyl (C=O) groups is 2. The molecule has 0 atom stereocenters. The summed E-state index contributed by atoms with van der Waals surface area (Å²) in [5, 5.41) is 2.90. The van der Waals surface area contributed by atoms with Gasteiger partial charge in [0.15, 0.2) is 0 Å². The van der Waals surface area contributed by atoms with Crippen LogP contribution < -0.4 is 10.1 Å². The molecule has 2 amide bonds. The SMILES string of the molecule is CN(CC(=O)NC1CC1)C(=O)c1cc2c(s1)-c1ccccc1OC2. The van der Waals surface area contributed by atoms with Crippen molar-refractivity contribution in [3.05, 3.63) is 40.8 Å². The Kier molecular flexibility index (Phi) is 3.76. The average molecular weight is 342 g/mol. The predicted octanol–water partition coefficient (Wildman–Crippen LogP) is 2.66. The van der Waals surface area contributed by atoms with Gasteiger partial charge in [-0.2, -0.15) is 0 Å². The smallest absolute Gasteiger partial charge is 0.264 e. The maximum absolute atomic E-state index is 12.6. The molecular formula is C18H18N2O3S. The van der Waals surface area contributed by atoms with Crippen molar-refractivity contribution in [1.29, 1.82) is 0 Å². The summed E-state index contributed by atoms with van der Waals surface area (Å²) in [5.74, 6) is 0.629. The fraction of sp³-hybridized carbons (Fsp3) is 0.333. The van der Waals surface area contributed by atoms with Crippen LogP contribution in [0.15, 0.2) is 30.3 Å². The summed E-state index contributed by atoms with van der Waals surface area (Å²) in [6.07, 6.45) is 2.08. The van der Waals surface area contributed by atoms with Gasteiger partial charge in [-0.15, -0.1) is 11.3 Å². The predicted molar refractivity (Wildman–Crippen MR) is 92.2 cm³/mol. The van der Waals surface area contributed by atoms with Crippen LogP contribution in [-0.4, -0.2) is 36.3 Å². The minimum atomic E-state index is -0.127. The van der Waals surface area contributed by atoms with Crippen LogP contribution in [0, 0.1) is 0 Å². The molecule has 5 nitrogen and oxygen atoms in total. The summed E-state index contributed by atoms with van der Waals surface area (Å²) in [7, 11) is 1.66. The van der Waals surface area contributed by atoms with E-state index < -0.39 is 0 Å². The van der Waals surface area contributed by atoms with Crippen molar-refractivity contribution in [3.8, 4) is 16.2 Å². The quantitative estimate of drug-likeness (QED) is 0.929. The standard InChI is InChI=1S/C18H18N2O3S/c1-20(9-16(21)19-12-6-7-12)18(22)15-8-11-10-23-14-5-3-2-4-13(14)17(11)24-15/h2-5,8,12H,6-7,9-10H2,1H3,(H,19,21). The van der Waals surface area contributed by atoms with E-state index >= 15 is 0 Å². The average Bonchev–Trinajstić information content (AvgIpc) is 3.27. The summed E-state index contributed by atoms with van der Waals surface area (Å²) in [6, 6.07) is 10.0. The van der Waals surface area contributed by atoms with E-state index in [9.17, 15) is 9.59 Å². The maximum Gasteiger partial charge on any atom is 0.264 e. The van der Waals surface area contributed by atoms with Gasteiger partial charge in [0, 0.05) is 29.1 Å². The number of para-hydroxylation sites is 1. The second-order valence-electron chi connectivity index (χ2n) is 6.25. The van der Waals surface area contributed by atoms with Gasteiger partial charge in [-0.05, 0) is 31.0 Å². The van der Waals surface area contributed by atoms with Crippen molar-refractivity contribution in [2.75, 3.05) is 13.6 Å². The maximum atomic E-state index is 12.6. The number of ether oxygens (including phenoxy) is 1. The summed E-state index contributed by atoms with van der Waals surface area (Å²) in [4.78, 5) is 27.7. The molecule has 2 heterocycles. The number of nitrogens with zero attached hydrogens (tertiary/aromatic N) is 1. The number of rotatable bonds is 4.